The molecule has 0 N–H and O–H groups in total. The third-order valence-electron chi connectivity index (χ3n) is 1.96. The highest BCUT2D eigenvalue weighted by atomic mass is 32.2. The van der Waals surface area contributed by atoms with Crippen molar-refractivity contribution in [2.24, 2.45) is 0 Å². The summed E-state index contributed by atoms with van der Waals surface area (Å²) in [5.74, 6) is 2.60. The molecule has 2 amide bonds. The molecule has 0 aliphatic heterocycles. The van der Waals surface area contributed by atoms with Gasteiger partial charge in [0.25, 0.3) is 0 Å². The average Bonchev–Trinajstić information content (AvgIpc) is 2.30. The van der Waals surface area contributed by atoms with Gasteiger partial charge in [-0.05, 0) is 0 Å². The number of anilines is 1. The number of terminal acetylenes is 1. The lowest BCUT2D eigenvalue weighted by Gasteiger charge is -2.14. The van der Waals surface area contributed by atoms with Crippen molar-refractivity contribution >= 4 is 29.5 Å². The number of rotatable bonds is 4. The minimum absolute atomic E-state index is 0.0938. The third-order valence-corrected chi connectivity index (χ3v) is 2.91. The van der Waals surface area contributed by atoms with Gasteiger partial charge in [0.1, 0.15) is 0 Å². The Morgan fingerprint density at radius 1 is 1.33 bits per heavy atom. The fraction of sp³-hybridized carbons (Fsp3) is 0.333. The highest BCUT2D eigenvalue weighted by Gasteiger charge is 2.18. The lowest BCUT2D eigenvalue weighted by atomic mass is 10.5. The molecular formula is C12H13N3O2S. The molecule has 5 nitrogen and oxygen atoms in total. The second-order valence-electron chi connectivity index (χ2n) is 3.39. The molecule has 1 aromatic rings. The second kappa shape index (κ2) is 6.77. The Kier molecular flexibility index (Phi) is 5.33. The summed E-state index contributed by atoms with van der Waals surface area (Å²) in [6, 6.07) is 0. The third kappa shape index (κ3) is 3.86. The van der Waals surface area contributed by atoms with Crippen LogP contribution in [-0.4, -0.2) is 27.5 Å². The molecule has 1 rings (SSSR count). The lowest BCUT2D eigenvalue weighted by molar-refractivity contribution is -0.124. The highest BCUT2D eigenvalue weighted by Crippen LogP contribution is 2.18. The topological polar surface area (TPSA) is 63.2 Å². The summed E-state index contributed by atoms with van der Waals surface area (Å²) in [6.45, 7) is 2.58. The maximum Gasteiger partial charge on any atom is 0.239 e. The van der Waals surface area contributed by atoms with Crippen molar-refractivity contribution in [3.8, 4) is 12.3 Å². The fourth-order valence-electron chi connectivity index (χ4n) is 1.23. The Bertz CT molecular complexity index is 465. The van der Waals surface area contributed by atoms with Crippen LogP contribution in [0.4, 0.5) is 5.95 Å². The zero-order valence-corrected chi connectivity index (χ0v) is 11.0. The van der Waals surface area contributed by atoms with E-state index < -0.39 is 11.8 Å². The summed E-state index contributed by atoms with van der Waals surface area (Å²) in [4.78, 5) is 32.3. The molecule has 0 unspecified atom stereocenters. The number of carbonyl (C=O) groups excluding carboxylic acids is 2. The standard InChI is InChI=1S/C12H13N3O2S/c1-4-5-6-18-11-7-13-12(14-8-11)15(9(2)16)10(3)17/h1,7-8H,5-6H2,2-3H3. The van der Waals surface area contributed by atoms with E-state index >= 15 is 0 Å². The van der Waals surface area contributed by atoms with Gasteiger partial charge in [0.05, 0.1) is 0 Å². The molecule has 0 aromatic carbocycles. The van der Waals surface area contributed by atoms with Crippen molar-refractivity contribution in [3.05, 3.63) is 12.4 Å². The lowest BCUT2D eigenvalue weighted by Crippen LogP contribution is -2.34. The number of nitrogens with zero attached hydrogens (tertiary/aromatic N) is 3. The highest BCUT2D eigenvalue weighted by molar-refractivity contribution is 7.99. The molecule has 0 radical (unpaired) electrons. The fourth-order valence-corrected chi connectivity index (χ4v) is 1.94. The molecule has 0 saturated carbocycles. The number of hydrogen-bond acceptors (Lipinski definition) is 5. The summed E-state index contributed by atoms with van der Waals surface area (Å²) in [5.41, 5.74) is 0. The first-order chi connectivity index (χ1) is 8.56. The van der Waals surface area contributed by atoms with Crippen LogP contribution in [0.25, 0.3) is 0 Å². The van der Waals surface area contributed by atoms with Crippen LogP contribution in [-0.2, 0) is 9.59 Å². The van der Waals surface area contributed by atoms with Crippen molar-refractivity contribution in [3.63, 3.8) is 0 Å². The van der Waals surface area contributed by atoms with E-state index in [4.69, 9.17) is 6.42 Å². The number of aromatic nitrogens is 2. The van der Waals surface area contributed by atoms with Gasteiger partial charge in [-0.1, -0.05) is 0 Å². The van der Waals surface area contributed by atoms with E-state index in [0.29, 0.717) is 6.42 Å². The van der Waals surface area contributed by atoms with Gasteiger partial charge in [0.15, 0.2) is 0 Å². The average molecular weight is 263 g/mol. The van der Waals surface area contributed by atoms with Crippen LogP contribution in [0.5, 0.6) is 0 Å². The van der Waals surface area contributed by atoms with Crippen molar-refractivity contribution in [1.29, 1.82) is 0 Å². The van der Waals surface area contributed by atoms with Crippen LogP contribution in [0, 0.1) is 12.3 Å². The molecule has 1 heterocycles. The minimum Gasteiger partial charge on any atom is -0.274 e. The van der Waals surface area contributed by atoms with Gasteiger partial charge in [-0.3, -0.25) is 9.59 Å². The molecule has 94 valence electrons. The Labute approximate surface area is 110 Å². The van der Waals surface area contributed by atoms with E-state index in [1.807, 2.05) is 0 Å². The summed E-state index contributed by atoms with van der Waals surface area (Å²) < 4.78 is 0. The van der Waals surface area contributed by atoms with Crippen LogP contribution in [0.2, 0.25) is 0 Å². The maximum absolute atomic E-state index is 11.3. The first-order valence-electron chi connectivity index (χ1n) is 5.26. The van der Waals surface area contributed by atoms with Crippen LogP contribution < -0.4 is 4.90 Å². The van der Waals surface area contributed by atoms with Crippen LogP contribution in [0.1, 0.15) is 20.3 Å². The summed E-state index contributed by atoms with van der Waals surface area (Å²) >= 11 is 1.53. The van der Waals surface area contributed by atoms with Crippen LogP contribution >= 0.6 is 11.8 Å². The number of imide groups is 1. The number of hydrogen-bond donors (Lipinski definition) is 0. The summed E-state index contributed by atoms with van der Waals surface area (Å²) in [7, 11) is 0. The van der Waals surface area contributed by atoms with Crippen LogP contribution in [0.15, 0.2) is 17.3 Å². The van der Waals surface area contributed by atoms with E-state index in [2.05, 4.69) is 15.9 Å². The molecule has 0 atom stereocenters. The monoisotopic (exact) mass is 263 g/mol. The largest absolute Gasteiger partial charge is 0.274 e. The maximum atomic E-state index is 11.3. The molecule has 0 fully saturated rings. The molecule has 18 heavy (non-hydrogen) atoms. The number of amides is 2. The molecule has 6 heteroatoms. The molecule has 0 spiro atoms. The molecular weight excluding hydrogens is 250 g/mol. The van der Waals surface area contributed by atoms with Crippen molar-refractivity contribution in [2.75, 3.05) is 10.7 Å². The molecule has 0 saturated heterocycles. The SMILES string of the molecule is C#CCCSc1cnc(N(C(C)=O)C(C)=O)nc1. The van der Waals surface area contributed by atoms with Crippen molar-refractivity contribution in [1.82, 2.24) is 9.97 Å². The first kappa shape index (κ1) is 14.2. The van der Waals surface area contributed by atoms with Gasteiger partial charge in [0, 0.05) is 43.3 Å². The molecule has 0 aliphatic rings. The summed E-state index contributed by atoms with van der Waals surface area (Å²) in [6.07, 6.45) is 8.96. The predicted octanol–water partition coefficient (Wildman–Crippen LogP) is 1.49. The first-order valence-corrected chi connectivity index (χ1v) is 6.24. The van der Waals surface area contributed by atoms with E-state index in [-0.39, 0.29) is 5.95 Å². The Balaban J connectivity index is 2.78. The quantitative estimate of drug-likeness (QED) is 0.468. The number of carbonyl (C=O) groups is 2. The van der Waals surface area contributed by atoms with Gasteiger partial charge in [-0.25, -0.2) is 14.9 Å². The van der Waals surface area contributed by atoms with E-state index in [1.54, 1.807) is 12.4 Å². The van der Waals surface area contributed by atoms with Gasteiger partial charge < -0.3 is 0 Å². The molecule has 1 aromatic heterocycles. The van der Waals surface area contributed by atoms with Gasteiger partial charge in [0.2, 0.25) is 17.8 Å². The molecule has 0 bridgehead atoms. The minimum atomic E-state index is -0.407. The van der Waals surface area contributed by atoms with E-state index in [0.717, 1.165) is 15.5 Å². The number of thioether (sulfide) groups is 1. The second-order valence-corrected chi connectivity index (χ2v) is 4.56. The smallest absolute Gasteiger partial charge is 0.239 e. The normalized spacial score (nSPS) is 9.61. The molecule has 0 aliphatic carbocycles. The zero-order valence-electron chi connectivity index (χ0n) is 10.2. The summed E-state index contributed by atoms with van der Waals surface area (Å²) in [5, 5.41) is 0. The predicted molar refractivity (Wildman–Crippen MR) is 70.0 cm³/mol. The van der Waals surface area contributed by atoms with E-state index in [9.17, 15) is 9.59 Å². The van der Waals surface area contributed by atoms with Gasteiger partial charge >= 0.3 is 0 Å². The van der Waals surface area contributed by atoms with Gasteiger partial charge in [-0.15, -0.1) is 24.1 Å². The van der Waals surface area contributed by atoms with Gasteiger partial charge in [-0.2, -0.15) is 0 Å². The Morgan fingerprint density at radius 3 is 2.33 bits per heavy atom. The van der Waals surface area contributed by atoms with Crippen molar-refractivity contribution in [2.45, 2.75) is 25.2 Å². The van der Waals surface area contributed by atoms with Crippen molar-refractivity contribution < 1.29 is 9.59 Å². The van der Waals surface area contributed by atoms with E-state index in [1.165, 1.54) is 25.6 Å². The van der Waals surface area contributed by atoms with Crippen LogP contribution in [0.3, 0.4) is 0 Å². The Hall–Kier alpha value is -1.87. The zero-order chi connectivity index (χ0) is 13.5. The Morgan fingerprint density at radius 2 is 1.89 bits per heavy atom.